The van der Waals surface area contributed by atoms with Gasteiger partial charge >= 0.3 is 11.9 Å². The van der Waals surface area contributed by atoms with Gasteiger partial charge in [0, 0.05) is 5.39 Å². The van der Waals surface area contributed by atoms with Crippen molar-refractivity contribution in [1.29, 1.82) is 5.26 Å². The van der Waals surface area contributed by atoms with E-state index in [1.807, 2.05) is 0 Å². The maximum Gasteiger partial charge on any atom is 0.355 e. The minimum Gasteiger partial charge on any atom is -0.466 e. The molecule has 0 radical (unpaired) electrons. The summed E-state index contributed by atoms with van der Waals surface area (Å²) >= 11 is 0. The number of nitrogens with two attached hydrogens (primary N) is 1. The first-order chi connectivity index (χ1) is 17.6. The van der Waals surface area contributed by atoms with Crippen LogP contribution in [0.5, 0.6) is 0 Å². The van der Waals surface area contributed by atoms with E-state index in [2.05, 4.69) is 6.07 Å². The van der Waals surface area contributed by atoms with E-state index < -0.39 is 32.9 Å². The van der Waals surface area contributed by atoms with Crippen molar-refractivity contribution in [2.45, 2.75) is 10.8 Å². The molecule has 37 heavy (non-hydrogen) atoms. The normalized spacial score (nSPS) is 15.9. The number of nitrogens with zero attached hydrogens (tertiary/aromatic N) is 2. The van der Waals surface area contributed by atoms with E-state index in [0.717, 1.165) is 14.2 Å². The molecule has 0 bridgehead atoms. The van der Waals surface area contributed by atoms with Crippen molar-refractivity contribution in [1.82, 2.24) is 0 Å². The predicted molar refractivity (Wildman–Crippen MR) is 133 cm³/mol. The monoisotopic (exact) mass is 519 g/mol. The summed E-state index contributed by atoms with van der Waals surface area (Å²) in [6, 6.07) is 19.3. The highest BCUT2D eigenvalue weighted by Gasteiger charge is 2.43. The third-order valence-corrected chi connectivity index (χ3v) is 6.83. The minimum atomic E-state index is -4.57. The Morgan fingerprint density at radius 1 is 1.00 bits per heavy atom. The first kappa shape index (κ1) is 25.4. The van der Waals surface area contributed by atoms with Gasteiger partial charge < -0.3 is 15.2 Å². The molecule has 1 aliphatic heterocycles. The minimum absolute atomic E-state index is 0.0396. The van der Waals surface area contributed by atoms with Crippen LogP contribution in [0.15, 0.2) is 94.3 Å². The van der Waals surface area contributed by atoms with E-state index in [1.165, 1.54) is 29.2 Å². The van der Waals surface area contributed by atoms with Gasteiger partial charge in [-0.3, -0.25) is 9.45 Å². The van der Waals surface area contributed by atoms with Crippen LogP contribution in [0.1, 0.15) is 11.5 Å². The predicted octanol–water partition coefficient (Wildman–Crippen LogP) is 2.98. The molecule has 4 rings (SSSR count). The first-order valence-corrected chi connectivity index (χ1v) is 12.2. The largest absolute Gasteiger partial charge is 0.466 e. The second-order valence-electron chi connectivity index (χ2n) is 7.97. The molecule has 1 heterocycles. The number of carbonyl (C=O) groups is 2. The summed E-state index contributed by atoms with van der Waals surface area (Å²) in [6.07, 6.45) is 0. The summed E-state index contributed by atoms with van der Waals surface area (Å²) in [6.45, 7) is 0. The van der Waals surface area contributed by atoms with E-state index in [4.69, 9.17) is 15.2 Å². The lowest BCUT2D eigenvalue weighted by Gasteiger charge is -2.36. The number of anilines is 1. The fourth-order valence-corrected chi connectivity index (χ4v) is 4.86. The van der Waals surface area contributed by atoms with E-state index in [9.17, 15) is 27.8 Å². The second-order valence-corrected chi connectivity index (χ2v) is 9.39. The molecule has 0 saturated heterocycles. The van der Waals surface area contributed by atoms with Crippen LogP contribution in [0.25, 0.3) is 10.8 Å². The zero-order valence-corrected chi connectivity index (χ0v) is 20.5. The van der Waals surface area contributed by atoms with Gasteiger partial charge in [0.1, 0.15) is 11.5 Å². The van der Waals surface area contributed by atoms with E-state index in [0.29, 0.717) is 10.9 Å². The Balaban J connectivity index is 2.14. The van der Waals surface area contributed by atoms with Crippen LogP contribution in [0.2, 0.25) is 0 Å². The first-order valence-electron chi connectivity index (χ1n) is 10.8. The highest BCUT2D eigenvalue weighted by molar-refractivity contribution is 7.85. The number of hydrogen-bond acceptors (Lipinski definition) is 9. The van der Waals surface area contributed by atoms with Crippen molar-refractivity contribution in [2.75, 3.05) is 19.1 Å². The van der Waals surface area contributed by atoms with Crippen molar-refractivity contribution in [3.8, 4) is 6.07 Å². The van der Waals surface area contributed by atoms with Gasteiger partial charge in [0.25, 0.3) is 10.1 Å². The SMILES string of the molecule is COC(=O)C1=C(C(=O)OC)N(c2cccc3ccc(S(=O)(=O)O)cc23)C(N)=C(C#N)C1c1ccccc1. The molecular formula is C26H21N3O7S. The molecule has 11 heteroatoms. The number of rotatable bonds is 5. The van der Waals surface area contributed by atoms with E-state index in [-0.39, 0.29) is 33.7 Å². The number of carbonyl (C=O) groups excluding carboxylic acids is 2. The lowest BCUT2D eigenvalue weighted by molar-refractivity contribution is -0.139. The van der Waals surface area contributed by atoms with Crippen molar-refractivity contribution < 1.29 is 32.0 Å². The van der Waals surface area contributed by atoms with Crippen LogP contribution in [0, 0.1) is 11.3 Å². The molecule has 0 amide bonds. The van der Waals surface area contributed by atoms with E-state index >= 15 is 0 Å². The maximum atomic E-state index is 13.2. The third-order valence-electron chi connectivity index (χ3n) is 5.98. The summed E-state index contributed by atoms with van der Waals surface area (Å²) in [5.74, 6) is -3.05. The summed E-state index contributed by atoms with van der Waals surface area (Å²) < 4.78 is 43.3. The van der Waals surface area contributed by atoms with Crippen molar-refractivity contribution in [2.24, 2.45) is 5.73 Å². The summed E-state index contributed by atoms with van der Waals surface area (Å²) in [5.41, 5.74) is 6.67. The fourth-order valence-electron chi connectivity index (χ4n) is 4.35. The number of nitriles is 1. The van der Waals surface area contributed by atoms with Gasteiger partial charge in [0.15, 0.2) is 0 Å². The van der Waals surface area contributed by atoms with Gasteiger partial charge in [-0.1, -0.05) is 48.5 Å². The van der Waals surface area contributed by atoms with Gasteiger partial charge in [-0.25, -0.2) is 9.59 Å². The Morgan fingerprint density at radius 3 is 2.27 bits per heavy atom. The van der Waals surface area contributed by atoms with Crippen molar-refractivity contribution >= 4 is 38.5 Å². The highest BCUT2D eigenvalue weighted by atomic mass is 32.2. The third kappa shape index (κ3) is 4.40. The number of hydrogen-bond donors (Lipinski definition) is 2. The Bertz CT molecular complexity index is 1640. The average molecular weight is 520 g/mol. The Hall–Kier alpha value is -4.66. The van der Waals surface area contributed by atoms with Crippen LogP contribution in [0.3, 0.4) is 0 Å². The molecule has 3 aromatic carbocycles. The van der Waals surface area contributed by atoms with Crippen LogP contribution in [-0.2, 0) is 29.2 Å². The second kappa shape index (κ2) is 9.77. The molecular weight excluding hydrogens is 498 g/mol. The molecule has 1 aliphatic rings. The van der Waals surface area contributed by atoms with Crippen LogP contribution in [-0.4, -0.2) is 39.1 Å². The Labute approximate surface area is 212 Å². The summed E-state index contributed by atoms with van der Waals surface area (Å²) in [5, 5.41) is 11.0. The van der Waals surface area contributed by atoms with Gasteiger partial charge in [0.05, 0.1) is 47.9 Å². The Kier molecular flexibility index (Phi) is 6.72. The topological polar surface area (TPSA) is 160 Å². The standard InChI is InChI=1S/C26H21N3O7S/c1-35-25(30)22-21(16-7-4-3-5-8-16)19(14-27)24(28)29(23(22)26(31)36-2)20-10-6-9-15-11-12-17(13-18(15)20)37(32,33)34/h3-13,21H,28H2,1-2H3,(H,32,33,34). The molecule has 0 spiro atoms. The lowest BCUT2D eigenvalue weighted by atomic mass is 9.80. The fraction of sp³-hybridized carbons (Fsp3) is 0.115. The van der Waals surface area contributed by atoms with Gasteiger partial charge in [-0.2, -0.15) is 13.7 Å². The zero-order valence-electron chi connectivity index (χ0n) is 19.7. The molecule has 10 nitrogen and oxygen atoms in total. The highest BCUT2D eigenvalue weighted by Crippen LogP contribution is 2.44. The number of methoxy groups -OCH3 is 2. The molecule has 0 saturated carbocycles. The van der Waals surface area contributed by atoms with Gasteiger partial charge in [-0.05, 0) is 29.1 Å². The maximum absolute atomic E-state index is 13.2. The molecule has 0 aromatic heterocycles. The van der Waals surface area contributed by atoms with Gasteiger partial charge in [-0.15, -0.1) is 0 Å². The van der Waals surface area contributed by atoms with Crippen LogP contribution >= 0.6 is 0 Å². The van der Waals surface area contributed by atoms with Crippen LogP contribution in [0.4, 0.5) is 5.69 Å². The molecule has 1 atom stereocenters. The lowest BCUT2D eigenvalue weighted by Crippen LogP contribution is -2.40. The molecule has 3 N–H and O–H groups in total. The van der Waals surface area contributed by atoms with Crippen molar-refractivity contribution in [3.05, 3.63) is 95.0 Å². The molecule has 0 aliphatic carbocycles. The van der Waals surface area contributed by atoms with Crippen LogP contribution < -0.4 is 10.6 Å². The summed E-state index contributed by atoms with van der Waals surface area (Å²) in [4.78, 5) is 27.2. The average Bonchev–Trinajstić information content (AvgIpc) is 2.90. The zero-order chi connectivity index (χ0) is 26.9. The Morgan fingerprint density at radius 2 is 1.68 bits per heavy atom. The smallest absolute Gasteiger partial charge is 0.355 e. The number of benzene rings is 3. The molecule has 0 fully saturated rings. The number of ether oxygens (including phenoxy) is 2. The summed E-state index contributed by atoms with van der Waals surface area (Å²) in [7, 11) is -2.31. The molecule has 3 aromatic rings. The molecule has 1 unspecified atom stereocenters. The number of allylic oxidation sites excluding steroid dienone is 1. The molecule has 188 valence electrons. The number of fused-ring (bicyclic) bond motifs is 1. The quantitative estimate of drug-likeness (QED) is 0.379. The van der Waals surface area contributed by atoms with Gasteiger partial charge in [0.2, 0.25) is 0 Å². The number of esters is 2. The van der Waals surface area contributed by atoms with Crippen molar-refractivity contribution in [3.63, 3.8) is 0 Å². The van der Waals surface area contributed by atoms with E-state index in [1.54, 1.807) is 42.5 Å².